The molecule has 1 aromatic rings. The molecule has 0 saturated carbocycles. The van der Waals surface area contributed by atoms with E-state index in [-0.39, 0.29) is 6.10 Å². The minimum absolute atomic E-state index is 0.280. The zero-order valence-corrected chi connectivity index (χ0v) is 10.4. The summed E-state index contributed by atoms with van der Waals surface area (Å²) in [6.45, 7) is 4.38. The topological polar surface area (TPSA) is 9.23 Å². The van der Waals surface area contributed by atoms with Crippen LogP contribution >= 0.6 is 15.9 Å². The molecule has 0 fully saturated rings. The van der Waals surface area contributed by atoms with Crippen molar-refractivity contribution in [3.8, 4) is 0 Å². The Kier molecular flexibility index (Phi) is 2.67. The van der Waals surface area contributed by atoms with Crippen molar-refractivity contribution in [3.05, 3.63) is 33.3 Å². The molecule has 14 heavy (non-hydrogen) atoms. The van der Waals surface area contributed by atoms with Crippen molar-refractivity contribution in [2.24, 2.45) is 5.92 Å². The zero-order chi connectivity index (χ0) is 10.3. The number of hydrogen-bond donors (Lipinski definition) is 0. The molecule has 2 unspecified atom stereocenters. The SMILES string of the molecule is COC1c2ccc(C)c(Br)c2CC1C. The van der Waals surface area contributed by atoms with Crippen LogP contribution in [-0.2, 0) is 11.2 Å². The summed E-state index contributed by atoms with van der Waals surface area (Å²) < 4.78 is 6.79. The molecule has 2 rings (SSSR count). The Bertz CT molecular complexity index is 360. The molecule has 0 N–H and O–H groups in total. The second-order valence-electron chi connectivity index (χ2n) is 4.10. The number of benzene rings is 1. The molecule has 0 spiro atoms. The molecular formula is C12H15BrO. The maximum absolute atomic E-state index is 5.52. The Balaban J connectivity index is 2.52. The van der Waals surface area contributed by atoms with Gasteiger partial charge in [0.1, 0.15) is 0 Å². The van der Waals surface area contributed by atoms with Gasteiger partial charge in [0.2, 0.25) is 0 Å². The van der Waals surface area contributed by atoms with Gasteiger partial charge in [-0.2, -0.15) is 0 Å². The van der Waals surface area contributed by atoms with E-state index in [0.717, 1.165) is 6.42 Å². The van der Waals surface area contributed by atoms with Gasteiger partial charge in [-0.25, -0.2) is 0 Å². The Morgan fingerprint density at radius 3 is 2.79 bits per heavy atom. The van der Waals surface area contributed by atoms with Crippen molar-refractivity contribution < 1.29 is 4.74 Å². The van der Waals surface area contributed by atoms with Crippen molar-refractivity contribution in [1.82, 2.24) is 0 Å². The van der Waals surface area contributed by atoms with Gasteiger partial charge in [-0.3, -0.25) is 0 Å². The highest BCUT2D eigenvalue weighted by Gasteiger charge is 2.30. The summed E-state index contributed by atoms with van der Waals surface area (Å²) >= 11 is 3.66. The van der Waals surface area contributed by atoms with Crippen molar-refractivity contribution in [2.75, 3.05) is 7.11 Å². The second kappa shape index (κ2) is 3.67. The van der Waals surface area contributed by atoms with Crippen molar-refractivity contribution in [2.45, 2.75) is 26.4 Å². The summed E-state index contributed by atoms with van der Waals surface area (Å²) in [7, 11) is 1.80. The number of ether oxygens (including phenoxy) is 1. The van der Waals surface area contributed by atoms with E-state index in [1.54, 1.807) is 7.11 Å². The van der Waals surface area contributed by atoms with Crippen LogP contribution in [0.4, 0.5) is 0 Å². The average Bonchev–Trinajstić information content (AvgIpc) is 2.49. The summed E-state index contributed by atoms with van der Waals surface area (Å²) in [5.41, 5.74) is 4.11. The van der Waals surface area contributed by atoms with Crippen LogP contribution < -0.4 is 0 Å². The molecule has 1 aliphatic carbocycles. The van der Waals surface area contributed by atoms with E-state index in [1.807, 2.05) is 0 Å². The number of hydrogen-bond acceptors (Lipinski definition) is 1. The fourth-order valence-corrected chi connectivity index (χ4v) is 2.85. The maximum Gasteiger partial charge on any atom is 0.0852 e. The van der Waals surface area contributed by atoms with Crippen LogP contribution in [0.25, 0.3) is 0 Å². The molecule has 0 bridgehead atoms. The number of aryl methyl sites for hydroxylation is 1. The van der Waals surface area contributed by atoms with E-state index in [9.17, 15) is 0 Å². The van der Waals surface area contributed by atoms with Crippen LogP contribution in [0.3, 0.4) is 0 Å². The number of halogens is 1. The minimum Gasteiger partial charge on any atom is -0.376 e. The van der Waals surface area contributed by atoms with Gasteiger partial charge in [0.25, 0.3) is 0 Å². The Morgan fingerprint density at radius 1 is 1.43 bits per heavy atom. The number of fused-ring (bicyclic) bond motifs is 1. The predicted molar refractivity (Wildman–Crippen MR) is 61.5 cm³/mol. The maximum atomic E-state index is 5.52. The van der Waals surface area contributed by atoms with Crippen LogP contribution in [-0.4, -0.2) is 7.11 Å². The molecule has 0 saturated heterocycles. The molecule has 2 heteroatoms. The molecule has 0 aliphatic heterocycles. The summed E-state index contributed by atoms with van der Waals surface area (Å²) in [5.74, 6) is 0.591. The summed E-state index contributed by atoms with van der Waals surface area (Å²) in [5, 5.41) is 0. The zero-order valence-electron chi connectivity index (χ0n) is 8.80. The molecule has 0 amide bonds. The average molecular weight is 255 g/mol. The molecule has 2 atom stereocenters. The predicted octanol–water partition coefficient (Wildman–Crippen LogP) is 3.64. The fourth-order valence-electron chi connectivity index (χ4n) is 2.32. The number of rotatable bonds is 1. The lowest BCUT2D eigenvalue weighted by molar-refractivity contribution is 0.0695. The fraction of sp³-hybridized carbons (Fsp3) is 0.500. The third-order valence-electron chi connectivity index (χ3n) is 3.08. The smallest absolute Gasteiger partial charge is 0.0852 e. The van der Waals surface area contributed by atoms with Crippen molar-refractivity contribution in [3.63, 3.8) is 0 Å². The van der Waals surface area contributed by atoms with E-state index >= 15 is 0 Å². The largest absolute Gasteiger partial charge is 0.376 e. The van der Waals surface area contributed by atoms with Crippen molar-refractivity contribution in [1.29, 1.82) is 0 Å². The first-order chi connectivity index (χ1) is 6.65. The molecule has 0 radical (unpaired) electrons. The number of methoxy groups -OCH3 is 1. The lowest BCUT2D eigenvalue weighted by Gasteiger charge is -2.14. The van der Waals surface area contributed by atoms with Gasteiger partial charge in [-0.05, 0) is 36.0 Å². The highest BCUT2D eigenvalue weighted by atomic mass is 79.9. The Hall–Kier alpha value is -0.340. The highest BCUT2D eigenvalue weighted by Crippen LogP contribution is 2.42. The highest BCUT2D eigenvalue weighted by molar-refractivity contribution is 9.10. The summed E-state index contributed by atoms with van der Waals surface area (Å²) in [6.07, 6.45) is 1.40. The van der Waals surface area contributed by atoms with E-state index < -0.39 is 0 Å². The molecule has 76 valence electrons. The standard InChI is InChI=1S/C12H15BrO/c1-7-4-5-9-10(11(7)13)6-8(2)12(9)14-3/h4-5,8,12H,6H2,1-3H3. The van der Waals surface area contributed by atoms with Crippen LogP contribution in [0.5, 0.6) is 0 Å². The van der Waals surface area contributed by atoms with Gasteiger partial charge in [-0.1, -0.05) is 35.0 Å². The van der Waals surface area contributed by atoms with Gasteiger partial charge in [0, 0.05) is 11.6 Å². The van der Waals surface area contributed by atoms with Crippen LogP contribution in [0, 0.1) is 12.8 Å². The molecule has 1 aliphatic rings. The van der Waals surface area contributed by atoms with Crippen LogP contribution in [0.1, 0.15) is 29.7 Å². The van der Waals surface area contributed by atoms with E-state index in [4.69, 9.17) is 4.74 Å². The van der Waals surface area contributed by atoms with E-state index in [1.165, 1.54) is 21.2 Å². The van der Waals surface area contributed by atoms with Crippen LogP contribution in [0.15, 0.2) is 16.6 Å². The van der Waals surface area contributed by atoms with Crippen LogP contribution in [0.2, 0.25) is 0 Å². The van der Waals surface area contributed by atoms with Gasteiger partial charge >= 0.3 is 0 Å². The first kappa shape index (κ1) is 10.2. The normalized spacial score (nSPS) is 25.1. The first-order valence-corrected chi connectivity index (χ1v) is 5.75. The third kappa shape index (κ3) is 1.41. The van der Waals surface area contributed by atoms with E-state index in [2.05, 4.69) is 41.9 Å². The van der Waals surface area contributed by atoms with E-state index in [0.29, 0.717) is 5.92 Å². The first-order valence-electron chi connectivity index (χ1n) is 4.95. The molecule has 0 heterocycles. The lowest BCUT2D eigenvalue weighted by atomic mass is 10.1. The summed E-state index contributed by atoms with van der Waals surface area (Å²) in [6, 6.07) is 4.36. The molecule has 1 aromatic carbocycles. The molecule has 0 aromatic heterocycles. The lowest BCUT2D eigenvalue weighted by Crippen LogP contribution is -2.05. The van der Waals surface area contributed by atoms with Gasteiger partial charge in [-0.15, -0.1) is 0 Å². The second-order valence-corrected chi connectivity index (χ2v) is 4.89. The van der Waals surface area contributed by atoms with Crippen molar-refractivity contribution >= 4 is 15.9 Å². The minimum atomic E-state index is 0.280. The van der Waals surface area contributed by atoms with Gasteiger partial charge in [0.15, 0.2) is 0 Å². The summed E-state index contributed by atoms with van der Waals surface area (Å²) in [4.78, 5) is 0. The third-order valence-corrected chi connectivity index (χ3v) is 4.18. The molecular weight excluding hydrogens is 240 g/mol. The molecule has 1 nitrogen and oxygen atoms in total. The monoisotopic (exact) mass is 254 g/mol. The van der Waals surface area contributed by atoms with Gasteiger partial charge < -0.3 is 4.74 Å². The van der Waals surface area contributed by atoms with Gasteiger partial charge in [0.05, 0.1) is 6.10 Å². The Labute approximate surface area is 93.6 Å². The quantitative estimate of drug-likeness (QED) is 0.744. The Morgan fingerprint density at radius 2 is 2.14 bits per heavy atom.